The van der Waals surface area contributed by atoms with Crippen LogP contribution in [-0.2, 0) is 9.53 Å². The maximum absolute atomic E-state index is 11.6. The maximum Gasteiger partial charge on any atom is 0.373 e. The van der Waals surface area contributed by atoms with Crippen LogP contribution in [0, 0.1) is 31.6 Å². The number of thioether (sulfide) groups is 1. The molecule has 0 atom stereocenters. The van der Waals surface area contributed by atoms with Crippen molar-refractivity contribution in [2.24, 2.45) is 0 Å². The number of hydrogen-bond donors (Lipinski definition) is 1. The van der Waals surface area contributed by atoms with Crippen LogP contribution in [0.1, 0.15) is 12.5 Å². The maximum atomic E-state index is 11.6. The van der Waals surface area contributed by atoms with Gasteiger partial charge in [-0.1, -0.05) is 11.8 Å². The highest BCUT2D eigenvalue weighted by Crippen LogP contribution is 2.39. The Morgan fingerprint density at radius 3 is 2.60 bits per heavy atom. The van der Waals surface area contributed by atoms with Crippen LogP contribution in [0.5, 0.6) is 11.6 Å². The number of esters is 1. The van der Waals surface area contributed by atoms with Gasteiger partial charge in [0.1, 0.15) is 6.54 Å². The number of anilines is 1. The highest BCUT2D eigenvalue weighted by Gasteiger charge is 2.29. The molecule has 0 aliphatic heterocycles. The monoisotopic (exact) mass is 434 g/mol. The summed E-state index contributed by atoms with van der Waals surface area (Å²) in [7, 11) is 0. The number of nitro benzene ring substituents is 1. The van der Waals surface area contributed by atoms with E-state index in [2.05, 4.69) is 15.3 Å². The minimum absolute atomic E-state index is 0.0399. The molecule has 0 fully saturated rings. The molecule has 0 saturated carbocycles. The molecular formula is C16H14N6O7S. The Hall–Kier alpha value is -3.99. The first-order chi connectivity index (χ1) is 14.3. The van der Waals surface area contributed by atoms with Crippen molar-refractivity contribution in [3.05, 3.63) is 44.0 Å². The van der Waals surface area contributed by atoms with Crippen molar-refractivity contribution in [1.29, 1.82) is 5.26 Å². The topological polar surface area (TPSA) is 183 Å². The second-order valence-corrected chi connectivity index (χ2v) is 6.06. The van der Waals surface area contributed by atoms with Gasteiger partial charge < -0.3 is 14.8 Å². The fourth-order valence-electron chi connectivity index (χ4n) is 2.15. The van der Waals surface area contributed by atoms with E-state index in [0.29, 0.717) is 0 Å². The molecule has 0 unspecified atom stereocenters. The van der Waals surface area contributed by atoms with E-state index < -0.39 is 45.4 Å². The van der Waals surface area contributed by atoms with Crippen LogP contribution in [0.2, 0.25) is 0 Å². The van der Waals surface area contributed by atoms with Crippen molar-refractivity contribution in [2.75, 3.05) is 24.7 Å². The molecule has 0 radical (unpaired) electrons. The van der Waals surface area contributed by atoms with E-state index in [1.54, 1.807) is 19.2 Å². The van der Waals surface area contributed by atoms with Gasteiger partial charge in [0.2, 0.25) is 11.6 Å². The summed E-state index contributed by atoms with van der Waals surface area (Å²) in [4.78, 5) is 40.7. The summed E-state index contributed by atoms with van der Waals surface area (Å²) in [5.41, 5.74) is -1.22. The standard InChI is InChI=1S/C16H14N6O7S/c1-3-28-12(23)8-18-14-13(22(26)27)15(20-16(19-14)30-2)29-11-6-9(7-17)4-5-10(11)21(24)25/h4-6H,3,8H2,1-2H3,(H,18,19,20). The van der Waals surface area contributed by atoms with Gasteiger partial charge in [0.15, 0.2) is 5.16 Å². The van der Waals surface area contributed by atoms with Crippen molar-refractivity contribution in [1.82, 2.24) is 9.97 Å². The molecule has 1 N–H and O–H groups in total. The van der Waals surface area contributed by atoms with Crippen LogP contribution in [0.3, 0.4) is 0 Å². The number of hydrogen-bond acceptors (Lipinski definition) is 12. The zero-order valence-electron chi connectivity index (χ0n) is 15.6. The van der Waals surface area contributed by atoms with Gasteiger partial charge in [-0.2, -0.15) is 15.2 Å². The highest BCUT2D eigenvalue weighted by molar-refractivity contribution is 7.98. The number of carbonyl (C=O) groups excluding carboxylic acids is 1. The molecular weight excluding hydrogens is 420 g/mol. The minimum atomic E-state index is -0.854. The van der Waals surface area contributed by atoms with E-state index in [9.17, 15) is 25.0 Å². The summed E-state index contributed by atoms with van der Waals surface area (Å²) in [6.07, 6.45) is 1.60. The quantitative estimate of drug-likeness (QED) is 0.200. The fourth-order valence-corrected chi connectivity index (χ4v) is 2.51. The van der Waals surface area contributed by atoms with Gasteiger partial charge in [-0.15, -0.1) is 0 Å². The lowest BCUT2D eigenvalue weighted by Gasteiger charge is -2.11. The van der Waals surface area contributed by atoms with Crippen molar-refractivity contribution >= 4 is 34.9 Å². The van der Waals surface area contributed by atoms with Gasteiger partial charge in [0.05, 0.1) is 28.1 Å². The second kappa shape index (κ2) is 9.98. The summed E-state index contributed by atoms with van der Waals surface area (Å²) < 4.78 is 10.1. The van der Waals surface area contributed by atoms with Gasteiger partial charge in [-0.25, -0.2) is 0 Å². The van der Waals surface area contributed by atoms with E-state index >= 15 is 0 Å². The number of rotatable bonds is 9. The lowest BCUT2D eigenvalue weighted by Crippen LogP contribution is -2.18. The van der Waals surface area contributed by atoms with Crippen LogP contribution in [0.25, 0.3) is 0 Å². The first-order valence-electron chi connectivity index (χ1n) is 8.17. The van der Waals surface area contributed by atoms with Crippen LogP contribution >= 0.6 is 11.8 Å². The largest absolute Gasteiger partial charge is 0.465 e. The number of ether oxygens (including phenoxy) is 2. The molecule has 0 spiro atoms. The summed E-state index contributed by atoms with van der Waals surface area (Å²) in [5.74, 6) is -2.01. The smallest absolute Gasteiger partial charge is 0.373 e. The third-order valence-electron chi connectivity index (χ3n) is 3.39. The number of nitrogens with zero attached hydrogens (tertiary/aromatic N) is 5. The number of nitro groups is 2. The Labute approximate surface area is 173 Å². The number of carbonyl (C=O) groups is 1. The molecule has 2 rings (SSSR count). The number of nitriles is 1. The van der Waals surface area contributed by atoms with Crippen molar-refractivity contribution < 1.29 is 24.1 Å². The number of nitrogens with one attached hydrogen (secondary N) is 1. The summed E-state index contributed by atoms with van der Waals surface area (Å²) >= 11 is 1.02. The minimum Gasteiger partial charge on any atom is -0.465 e. The van der Waals surface area contributed by atoms with Crippen LogP contribution in [-0.4, -0.2) is 45.2 Å². The molecule has 2 aromatic rings. The zero-order chi connectivity index (χ0) is 22.3. The molecule has 0 bridgehead atoms. The normalized spacial score (nSPS) is 10.0. The predicted molar refractivity (Wildman–Crippen MR) is 103 cm³/mol. The molecule has 14 heteroatoms. The fraction of sp³-hybridized carbons (Fsp3) is 0.250. The van der Waals surface area contributed by atoms with Gasteiger partial charge in [-0.3, -0.25) is 25.0 Å². The van der Waals surface area contributed by atoms with Crippen molar-refractivity contribution in [3.8, 4) is 17.7 Å². The van der Waals surface area contributed by atoms with E-state index in [4.69, 9.17) is 14.7 Å². The first kappa shape index (κ1) is 22.3. The molecule has 0 aliphatic rings. The molecule has 13 nitrogen and oxygen atoms in total. The Balaban J connectivity index is 2.56. The van der Waals surface area contributed by atoms with E-state index in [-0.39, 0.29) is 23.1 Å². The van der Waals surface area contributed by atoms with Gasteiger partial charge in [0, 0.05) is 12.1 Å². The Morgan fingerprint density at radius 1 is 1.30 bits per heavy atom. The molecule has 30 heavy (non-hydrogen) atoms. The SMILES string of the molecule is CCOC(=O)CNc1nc(SC)nc(Oc2cc(C#N)ccc2[N+](=O)[O-])c1[N+](=O)[O-]. The molecule has 0 saturated heterocycles. The summed E-state index contributed by atoms with van der Waals surface area (Å²) in [5, 5.41) is 34.5. The lowest BCUT2D eigenvalue weighted by molar-refractivity contribution is -0.387. The molecule has 1 heterocycles. The molecule has 1 aromatic heterocycles. The number of benzene rings is 1. The predicted octanol–water partition coefficient (Wildman–Crippen LogP) is 2.65. The van der Waals surface area contributed by atoms with Gasteiger partial charge >= 0.3 is 23.2 Å². The van der Waals surface area contributed by atoms with E-state index in [0.717, 1.165) is 23.9 Å². The molecule has 0 amide bonds. The molecule has 156 valence electrons. The average molecular weight is 434 g/mol. The van der Waals surface area contributed by atoms with Gasteiger partial charge in [0.25, 0.3) is 0 Å². The van der Waals surface area contributed by atoms with Gasteiger partial charge in [-0.05, 0) is 19.2 Å². The Bertz CT molecular complexity index is 1040. The van der Waals surface area contributed by atoms with E-state index in [1.807, 2.05) is 0 Å². The second-order valence-electron chi connectivity index (χ2n) is 5.28. The van der Waals surface area contributed by atoms with Crippen LogP contribution in [0.4, 0.5) is 17.2 Å². The Morgan fingerprint density at radius 2 is 2.03 bits per heavy atom. The third kappa shape index (κ3) is 5.29. The first-order valence-corrected chi connectivity index (χ1v) is 9.39. The van der Waals surface area contributed by atoms with Crippen molar-refractivity contribution in [3.63, 3.8) is 0 Å². The zero-order valence-corrected chi connectivity index (χ0v) is 16.5. The average Bonchev–Trinajstić information content (AvgIpc) is 2.71. The summed E-state index contributed by atoms with van der Waals surface area (Å²) in [6, 6.07) is 5.11. The van der Waals surface area contributed by atoms with E-state index in [1.165, 1.54) is 6.07 Å². The Kier molecular flexibility index (Phi) is 7.42. The van der Waals surface area contributed by atoms with Crippen LogP contribution < -0.4 is 10.1 Å². The highest BCUT2D eigenvalue weighted by atomic mass is 32.2. The molecule has 1 aromatic carbocycles. The van der Waals surface area contributed by atoms with Crippen LogP contribution in [0.15, 0.2) is 23.4 Å². The third-order valence-corrected chi connectivity index (χ3v) is 3.94. The lowest BCUT2D eigenvalue weighted by atomic mass is 10.2. The molecule has 0 aliphatic carbocycles. The number of aromatic nitrogens is 2. The van der Waals surface area contributed by atoms with Crippen molar-refractivity contribution in [2.45, 2.75) is 12.1 Å². The summed E-state index contributed by atoms with van der Waals surface area (Å²) in [6.45, 7) is 1.31.